The molecule has 0 N–H and O–H groups in total. The molecular weight excluding hydrogens is 188 g/mol. The Kier molecular flexibility index (Phi) is 2.73. The number of nitrogens with zero attached hydrogens (tertiary/aromatic N) is 1. The molecule has 0 fully saturated rings. The maximum absolute atomic E-state index is 12.2. The summed E-state index contributed by atoms with van der Waals surface area (Å²) in [7, 11) is 0. The van der Waals surface area contributed by atoms with Gasteiger partial charge < -0.3 is 0 Å². The molecule has 0 unspecified atom stereocenters. The highest BCUT2D eigenvalue weighted by Crippen LogP contribution is 2.21. The second-order valence-electron chi connectivity index (χ2n) is 4.21. The number of alkyl halides is 2. The van der Waals surface area contributed by atoms with Crippen LogP contribution >= 0.6 is 0 Å². The minimum Gasteiger partial charge on any atom is -0.294 e. The lowest BCUT2D eigenvalue weighted by molar-refractivity contribution is 0.0766. The maximum Gasteiger partial charge on any atom is 0.265 e. The molecule has 0 aliphatic heterocycles. The number of carbonyl (C=O) groups is 1. The topological polar surface area (TPSA) is 22.0 Å². The van der Waals surface area contributed by atoms with Crippen molar-refractivity contribution < 1.29 is 13.6 Å². The minimum atomic E-state index is -2.52. The molecule has 1 aromatic heterocycles. The van der Waals surface area contributed by atoms with Gasteiger partial charge in [0.1, 0.15) is 0 Å². The van der Waals surface area contributed by atoms with E-state index in [0.717, 1.165) is 0 Å². The van der Waals surface area contributed by atoms with Crippen molar-refractivity contribution in [3.63, 3.8) is 0 Å². The van der Waals surface area contributed by atoms with Crippen LogP contribution < -0.4 is 0 Å². The van der Waals surface area contributed by atoms with Crippen LogP contribution in [0.1, 0.15) is 37.6 Å². The summed E-state index contributed by atoms with van der Waals surface area (Å²) in [5.74, 6) is -0.190. The molecule has 0 bridgehead atoms. The average Bonchev–Trinajstić information content (AvgIpc) is 2.48. The first-order valence-electron chi connectivity index (χ1n) is 4.33. The first kappa shape index (κ1) is 10.9. The molecule has 0 atom stereocenters. The summed E-state index contributed by atoms with van der Waals surface area (Å²) in [6.07, 6.45) is 0.0249. The minimum absolute atomic E-state index is 0.123. The quantitative estimate of drug-likeness (QED) is 0.684. The largest absolute Gasteiger partial charge is 0.294 e. The molecule has 0 saturated heterocycles. The van der Waals surface area contributed by atoms with E-state index in [0.29, 0.717) is 0 Å². The van der Waals surface area contributed by atoms with Crippen LogP contribution in [0.25, 0.3) is 0 Å². The molecule has 0 spiro atoms. The van der Waals surface area contributed by atoms with E-state index in [1.807, 2.05) is 0 Å². The summed E-state index contributed by atoms with van der Waals surface area (Å²) in [6, 6.07) is 1.26. The predicted molar refractivity (Wildman–Crippen MR) is 49.5 cm³/mol. The molecule has 0 amide bonds. The molecular formula is C10H13F2NO. The Balaban J connectivity index is 2.93. The van der Waals surface area contributed by atoms with Gasteiger partial charge in [0.2, 0.25) is 5.91 Å². The van der Waals surface area contributed by atoms with Gasteiger partial charge in [-0.2, -0.15) is 0 Å². The van der Waals surface area contributed by atoms with Gasteiger partial charge in [0.15, 0.2) is 0 Å². The molecule has 14 heavy (non-hydrogen) atoms. The second-order valence-corrected chi connectivity index (χ2v) is 4.21. The molecule has 0 radical (unpaired) electrons. The summed E-state index contributed by atoms with van der Waals surface area (Å²) in [5, 5.41) is 0. The van der Waals surface area contributed by atoms with Crippen molar-refractivity contribution in [2.24, 2.45) is 5.41 Å². The van der Waals surface area contributed by atoms with Gasteiger partial charge in [-0.15, -0.1) is 0 Å². The van der Waals surface area contributed by atoms with Crippen molar-refractivity contribution in [3.05, 3.63) is 24.0 Å². The van der Waals surface area contributed by atoms with E-state index in [2.05, 4.69) is 0 Å². The van der Waals surface area contributed by atoms with E-state index in [1.165, 1.54) is 23.0 Å². The fraction of sp³-hybridized carbons (Fsp3) is 0.500. The number of hydrogen-bond donors (Lipinski definition) is 0. The van der Waals surface area contributed by atoms with Gasteiger partial charge in [-0.05, 0) is 6.07 Å². The number of aromatic nitrogens is 1. The summed E-state index contributed by atoms with van der Waals surface area (Å²) >= 11 is 0. The van der Waals surface area contributed by atoms with Gasteiger partial charge in [-0.1, -0.05) is 20.8 Å². The van der Waals surface area contributed by atoms with E-state index < -0.39 is 11.8 Å². The highest BCUT2D eigenvalue weighted by molar-refractivity contribution is 5.84. The first-order chi connectivity index (χ1) is 6.32. The van der Waals surface area contributed by atoms with Gasteiger partial charge >= 0.3 is 0 Å². The fourth-order valence-corrected chi connectivity index (χ4v) is 1.06. The number of carbonyl (C=O) groups excluding carboxylic acids is 1. The predicted octanol–water partition coefficient (Wildman–Crippen LogP) is 3.11. The lowest BCUT2D eigenvalue weighted by atomic mass is 9.96. The lowest BCUT2D eigenvalue weighted by Crippen LogP contribution is -2.25. The first-order valence-corrected chi connectivity index (χ1v) is 4.33. The second kappa shape index (κ2) is 3.52. The maximum atomic E-state index is 12.2. The zero-order chi connectivity index (χ0) is 10.9. The third-order valence-electron chi connectivity index (χ3n) is 1.84. The van der Waals surface area contributed by atoms with Crippen molar-refractivity contribution in [2.45, 2.75) is 27.2 Å². The van der Waals surface area contributed by atoms with Crippen LogP contribution in [-0.2, 0) is 0 Å². The Labute approximate surface area is 81.5 Å². The van der Waals surface area contributed by atoms with E-state index in [-0.39, 0.29) is 11.5 Å². The molecule has 1 heterocycles. The van der Waals surface area contributed by atoms with Crippen molar-refractivity contribution in [1.29, 1.82) is 0 Å². The Morgan fingerprint density at radius 3 is 2.36 bits per heavy atom. The summed E-state index contributed by atoms with van der Waals surface area (Å²) in [4.78, 5) is 11.6. The third-order valence-corrected chi connectivity index (χ3v) is 1.84. The van der Waals surface area contributed by atoms with E-state index in [9.17, 15) is 13.6 Å². The van der Waals surface area contributed by atoms with Crippen molar-refractivity contribution in [1.82, 2.24) is 4.57 Å². The van der Waals surface area contributed by atoms with E-state index >= 15 is 0 Å². The Morgan fingerprint density at radius 1 is 1.43 bits per heavy atom. The molecule has 0 saturated carbocycles. The molecule has 0 aromatic carbocycles. The SMILES string of the molecule is CC(C)(C)C(=O)n1ccc(C(F)F)c1. The van der Waals surface area contributed by atoms with Crippen LogP contribution in [-0.4, -0.2) is 10.5 Å². The Bertz CT molecular complexity index is 336. The zero-order valence-corrected chi connectivity index (χ0v) is 8.42. The lowest BCUT2D eigenvalue weighted by Gasteiger charge is -2.16. The van der Waals surface area contributed by atoms with Crippen LogP contribution in [0.5, 0.6) is 0 Å². The van der Waals surface area contributed by atoms with Crippen molar-refractivity contribution in [2.75, 3.05) is 0 Å². The molecule has 0 aliphatic carbocycles. The number of hydrogen-bond acceptors (Lipinski definition) is 1. The van der Waals surface area contributed by atoms with Crippen LogP contribution in [0.4, 0.5) is 8.78 Å². The highest BCUT2D eigenvalue weighted by Gasteiger charge is 2.23. The summed E-state index contributed by atoms with van der Waals surface area (Å²) < 4.78 is 25.6. The van der Waals surface area contributed by atoms with Gasteiger partial charge in [0.05, 0.1) is 0 Å². The van der Waals surface area contributed by atoms with E-state index in [4.69, 9.17) is 0 Å². The molecule has 4 heteroatoms. The summed E-state index contributed by atoms with van der Waals surface area (Å²) in [5.41, 5.74) is -0.680. The highest BCUT2D eigenvalue weighted by atomic mass is 19.3. The molecule has 1 aromatic rings. The summed E-state index contributed by atoms with van der Waals surface area (Å²) in [6.45, 7) is 5.24. The van der Waals surface area contributed by atoms with Crippen LogP contribution in [0.15, 0.2) is 18.5 Å². The van der Waals surface area contributed by atoms with Crippen LogP contribution in [0.2, 0.25) is 0 Å². The van der Waals surface area contributed by atoms with E-state index in [1.54, 1.807) is 20.8 Å². The average molecular weight is 201 g/mol. The number of rotatable bonds is 1. The van der Waals surface area contributed by atoms with Crippen LogP contribution in [0, 0.1) is 5.41 Å². The van der Waals surface area contributed by atoms with Crippen molar-refractivity contribution >= 4 is 5.91 Å². The van der Waals surface area contributed by atoms with Gasteiger partial charge in [0.25, 0.3) is 6.43 Å². The zero-order valence-electron chi connectivity index (χ0n) is 8.42. The molecule has 0 aliphatic rings. The molecule has 2 nitrogen and oxygen atoms in total. The van der Waals surface area contributed by atoms with Gasteiger partial charge in [0, 0.05) is 23.4 Å². The Morgan fingerprint density at radius 2 is 2.00 bits per heavy atom. The standard InChI is InChI=1S/C10H13F2NO/c1-10(2,3)9(14)13-5-4-7(6-13)8(11)12/h4-6,8H,1-3H3. The normalized spacial score (nSPS) is 12.1. The smallest absolute Gasteiger partial charge is 0.265 e. The van der Waals surface area contributed by atoms with Gasteiger partial charge in [-0.25, -0.2) is 8.78 Å². The monoisotopic (exact) mass is 201 g/mol. The third kappa shape index (κ3) is 2.19. The Hall–Kier alpha value is -1.19. The fourth-order valence-electron chi connectivity index (χ4n) is 1.06. The van der Waals surface area contributed by atoms with Crippen molar-refractivity contribution in [3.8, 4) is 0 Å². The molecule has 78 valence electrons. The van der Waals surface area contributed by atoms with Crippen LogP contribution in [0.3, 0.4) is 0 Å². The number of halogens is 2. The molecule has 1 rings (SSSR count). The van der Waals surface area contributed by atoms with Gasteiger partial charge in [-0.3, -0.25) is 9.36 Å².